The predicted octanol–water partition coefficient (Wildman–Crippen LogP) is 3.44. The zero-order chi connectivity index (χ0) is 23.5. The van der Waals surface area contributed by atoms with Gasteiger partial charge in [-0.05, 0) is 42.8 Å². The Morgan fingerprint density at radius 2 is 1.81 bits per heavy atom. The fraction of sp³-hybridized carbons (Fsp3) is 0.400. The Labute approximate surface area is 187 Å². The first-order chi connectivity index (χ1) is 15.2. The number of hydrogen-bond acceptors (Lipinski definition) is 5. The molecule has 1 saturated heterocycles. The molecule has 1 fully saturated rings. The van der Waals surface area contributed by atoms with E-state index in [0.29, 0.717) is 25.6 Å². The molecule has 3 rings (SSSR count). The van der Waals surface area contributed by atoms with Crippen LogP contribution >= 0.6 is 11.3 Å². The average Bonchev–Trinajstić information content (AvgIpc) is 3.46. The Morgan fingerprint density at radius 3 is 2.47 bits per heavy atom. The van der Waals surface area contributed by atoms with Crippen molar-refractivity contribution in [2.75, 3.05) is 31.5 Å². The second-order valence-corrected chi connectivity index (χ2v) is 10.0. The zero-order valence-corrected chi connectivity index (χ0v) is 18.9. The molecule has 32 heavy (non-hydrogen) atoms. The van der Waals surface area contributed by atoms with E-state index < -0.39 is 51.5 Å². The Balaban J connectivity index is 1.79. The zero-order valence-electron chi connectivity index (χ0n) is 17.2. The number of sulfonamides is 1. The SMILES string of the molecule is CCCN(CC(=O)Nc1ccc(F)c(F)c1F)C(=O)c1sccc1S(=O)(=O)N1CCCC1. The number of hydrogen-bond donors (Lipinski definition) is 1. The van der Waals surface area contributed by atoms with E-state index in [0.717, 1.165) is 35.1 Å². The van der Waals surface area contributed by atoms with Crippen molar-refractivity contribution in [2.24, 2.45) is 0 Å². The molecule has 1 aromatic heterocycles. The Morgan fingerprint density at radius 1 is 1.12 bits per heavy atom. The molecule has 2 heterocycles. The number of halogens is 3. The van der Waals surface area contributed by atoms with Gasteiger partial charge in [0.2, 0.25) is 15.9 Å². The molecule has 0 aliphatic carbocycles. The quantitative estimate of drug-likeness (QED) is 0.576. The van der Waals surface area contributed by atoms with Crippen LogP contribution < -0.4 is 5.32 Å². The topological polar surface area (TPSA) is 86.8 Å². The van der Waals surface area contributed by atoms with Crippen LogP contribution in [0.15, 0.2) is 28.5 Å². The smallest absolute Gasteiger partial charge is 0.265 e. The maximum atomic E-state index is 13.8. The lowest BCUT2D eigenvalue weighted by molar-refractivity contribution is -0.116. The van der Waals surface area contributed by atoms with Crippen molar-refractivity contribution in [1.82, 2.24) is 9.21 Å². The van der Waals surface area contributed by atoms with E-state index in [1.165, 1.54) is 15.8 Å². The molecule has 0 unspecified atom stereocenters. The van der Waals surface area contributed by atoms with Crippen LogP contribution in [-0.2, 0) is 14.8 Å². The molecule has 1 aromatic carbocycles. The number of rotatable bonds is 8. The minimum Gasteiger partial charge on any atom is -0.329 e. The van der Waals surface area contributed by atoms with Crippen molar-refractivity contribution in [1.29, 1.82) is 0 Å². The molecule has 0 atom stereocenters. The van der Waals surface area contributed by atoms with Gasteiger partial charge in [0.1, 0.15) is 16.3 Å². The number of nitrogens with one attached hydrogen (secondary N) is 1. The average molecular weight is 490 g/mol. The highest BCUT2D eigenvalue weighted by Crippen LogP contribution is 2.29. The van der Waals surface area contributed by atoms with E-state index in [1.807, 2.05) is 0 Å². The molecule has 7 nitrogen and oxygen atoms in total. The monoisotopic (exact) mass is 489 g/mol. The van der Waals surface area contributed by atoms with Gasteiger partial charge >= 0.3 is 0 Å². The summed E-state index contributed by atoms with van der Waals surface area (Å²) < 4.78 is 67.5. The lowest BCUT2D eigenvalue weighted by Crippen LogP contribution is -2.39. The fourth-order valence-corrected chi connectivity index (χ4v) is 6.25. The van der Waals surface area contributed by atoms with E-state index in [2.05, 4.69) is 5.32 Å². The summed E-state index contributed by atoms with van der Waals surface area (Å²) in [4.78, 5) is 26.5. The molecule has 2 aromatic rings. The van der Waals surface area contributed by atoms with Gasteiger partial charge in [-0.1, -0.05) is 6.92 Å². The summed E-state index contributed by atoms with van der Waals surface area (Å²) in [6, 6.07) is 2.91. The van der Waals surface area contributed by atoms with E-state index in [4.69, 9.17) is 0 Å². The highest BCUT2D eigenvalue weighted by atomic mass is 32.2. The first kappa shape index (κ1) is 24.2. The Hall–Kier alpha value is -2.44. The Kier molecular flexibility index (Phi) is 7.57. The molecule has 0 bridgehead atoms. The molecule has 2 amide bonds. The van der Waals surface area contributed by atoms with Crippen LogP contribution in [0.4, 0.5) is 18.9 Å². The minimum absolute atomic E-state index is 0.0165. The Bertz CT molecular complexity index is 1120. The third kappa shape index (κ3) is 4.97. The summed E-state index contributed by atoms with van der Waals surface area (Å²) in [5, 5.41) is 3.62. The second kappa shape index (κ2) is 10.0. The number of amides is 2. The van der Waals surface area contributed by atoms with E-state index >= 15 is 0 Å². The third-order valence-electron chi connectivity index (χ3n) is 4.93. The van der Waals surface area contributed by atoms with Gasteiger partial charge in [-0.3, -0.25) is 9.59 Å². The number of carbonyl (C=O) groups excluding carboxylic acids is 2. The number of benzene rings is 1. The summed E-state index contributed by atoms with van der Waals surface area (Å²) in [6.45, 7) is 2.14. The first-order valence-corrected chi connectivity index (χ1v) is 12.3. The normalized spacial score (nSPS) is 14.5. The van der Waals surface area contributed by atoms with Crippen molar-refractivity contribution in [3.8, 4) is 0 Å². The van der Waals surface area contributed by atoms with E-state index in [-0.39, 0.29) is 16.3 Å². The summed E-state index contributed by atoms with van der Waals surface area (Å²) in [7, 11) is -3.84. The van der Waals surface area contributed by atoms with Crippen LogP contribution in [0.3, 0.4) is 0 Å². The standard InChI is InChI=1S/C20H22F3N3O4S2/c1-2-8-25(12-16(27)24-14-6-5-13(21)17(22)18(14)23)20(28)19-15(7-11-31-19)32(29,30)26-9-3-4-10-26/h5-7,11H,2-4,8-10,12H2,1H3,(H,24,27). The van der Waals surface area contributed by atoms with Crippen LogP contribution in [0, 0.1) is 17.5 Å². The number of thiophene rings is 1. The first-order valence-electron chi connectivity index (χ1n) is 9.97. The lowest BCUT2D eigenvalue weighted by atomic mass is 10.2. The van der Waals surface area contributed by atoms with Crippen molar-refractivity contribution in [2.45, 2.75) is 31.1 Å². The molecule has 1 aliphatic rings. The molecular weight excluding hydrogens is 467 g/mol. The van der Waals surface area contributed by atoms with Gasteiger partial charge in [0.15, 0.2) is 17.5 Å². The van der Waals surface area contributed by atoms with Crippen molar-refractivity contribution >= 4 is 38.9 Å². The van der Waals surface area contributed by atoms with Crippen molar-refractivity contribution < 1.29 is 31.2 Å². The highest BCUT2D eigenvalue weighted by Gasteiger charge is 2.33. The summed E-state index contributed by atoms with van der Waals surface area (Å²) in [5.74, 6) is -6.16. The predicted molar refractivity (Wildman–Crippen MR) is 113 cm³/mol. The highest BCUT2D eigenvalue weighted by molar-refractivity contribution is 7.89. The van der Waals surface area contributed by atoms with E-state index in [1.54, 1.807) is 6.92 Å². The van der Waals surface area contributed by atoms with Gasteiger partial charge in [0.25, 0.3) is 5.91 Å². The van der Waals surface area contributed by atoms with Crippen LogP contribution in [0.1, 0.15) is 35.9 Å². The van der Waals surface area contributed by atoms with E-state index in [9.17, 15) is 31.2 Å². The molecule has 1 aliphatic heterocycles. The molecule has 0 spiro atoms. The van der Waals surface area contributed by atoms with Gasteiger partial charge in [-0.25, -0.2) is 21.6 Å². The molecule has 12 heteroatoms. The van der Waals surface area contributed by atoms with Crippen LogP contribution in [0.5, 0.6) is 0 Å². The molecular formula is C20H22F3N3O4S2. The van der Waals surface area contributed by atoms with Gasteiger partial charge in [0.05, 0.1) is 5.69 Å². The van der Waals surface area contributed by atoms with Gasteiger partial charge in [-0.15, -0.1) is 11.3 Å². The largest absolute Gasteiger partial charge is 0.329 e. The molecule has 0 radical (unpaired) electrons. The van der Waals surface area contributed by atoms with Gasteiger partial charge in [0, 0.05) is 19.6 Å². The number of anilines is 1. The maximum Gasteiger partial charge on any atom is 0.265 e. The molecule has 0 saturated carbocycles. The molecule has 174 valence electrons. The summed E-state index contributed by atoms with van der Waals surface area (Å²) in [6.07, 6.45) is 1.96. The second-order valence-electron chi connectivity index (χ2n) is 7.22. The van der Waals surface area contributed by atoms with Crippen LogP contribution in [0.25, 0.3) is 0 Å². The van der Waals surface area contributed by atoms with Crippen molar-refractivity contribution in [3.63, 3.8) is 0 Å². The van der Waals surface area contributed by atoms with Crippen LogP contribution in [-0.4, -0.2) is 55.6 Å². The minimum atomic E-state index is -3.84. The molecule has 1 N–H and O–H groups in total. The van der Waals surface area contributed by atoms with Gasteiger partial charge < -0.3 is 10.2 Å². The number of carbonyl (C=O) groups is 2. The third-order valence-corrected chi connectivity index (χ3v) is 7.90. The summed E-state index contributed by atoms with van der Waals surface area (Å²) >= 11 is 0.955. The number of nitrogens with zero attached hydrogens (tertiary/aromatic N) is 2. The fourth-order valence-electron chi connectivity index (χ4n) is 3.38. The maximum absolute atomic E-state index is 13.8. The summed E-state index contributed by atoms with van der Waals surface area (Å²) in [5.41, 5.74) is -0.564. The van der Waals surface area contributed by atoms with Gasteiger partial charge in [-0.2, -0.15) is 4.31 Å². The van der Waals surface area contributed by atoms with Crippen molar-refractivity contribution in [3.05, 3.63) is 45.9 Å². The lowest BCUT2D eigenvalue weighted by Gasteiger charge is -2.22. The van der Waals surface area contributed by atoms with Crippen LogP contribution in [0.2, 0.25) is 0 Å².